The van der Waals surface area contributed by atoms with Crippen molar-refractivity contribution in [2.24, 2.45) is 5.10 Å². The molecule has 1 N–H and O–H groups in total. The predicted molar refractivity (Wildman–Crippen MR) is 92.0 cm³/mol. The standard InChI is InChI=1S/C15H16BrN3O2S/c1-10-4-9-13(15(14(10)17)18-19(2)3)22(20,21)12-7-5-11(16)6-8-12/h4-9,17H,1-3H3/b17-14?,18-15-. The smallest absolute Gasteiger partial charge is 0.208 e. The minimum absolute atomic E-state index is 0.0409. The Morgan fingerprint density at radius 2 is 1.73 bits per heavy atom. The highest BCUT2D eigenvalue weighted by Gasteiger charge is 2.30. The van der Waals surface area contributed by atoms with Gasteiger partial charge in [-0.2, -0.15) is 5.10 Å². The molecule has 0 saturated heterocycles. The molecule has 116 valence electrons. The maximum absolute atomic E-state index is 12.8. The lowest BCUT2D eigenvalue weighted by atomic mass is 10.0. The van der Waals surface area contributed by atoms with Gasteiger partial charge in [-0.05, 0) is 42.8 Å². The van der Waals surface area contributed by atoms with Crippen LogP contribution in [0.25, 0.3) is 0 Å². The highest BCUT2D eigenvalue weighted by atomic mass is 79.9. The van der Waals surface area contributed by atoms with Crippen LogP contribution in [0.3, 0.4) is 0 Å². The van der Waals surface area contributed by atoms with E-state index in [1.54, 1.807) is 39.2 Å². The minimum Gasteiger partial charge on any atom is -0.302 e. The summed E-state index contributed by atoms with van der Waals surface area (Å²) in [5.74, 6) is 0. The first kappa shape index (κ1) is 16.6. The number of nitrogens with zero attached hydrogens (tertiary/aromatic N) is 2. The van der Waals surface area contributed by atoms with Crippen molar-refractivity contribution in [1.29, 1.82) is 5.41 Å². The van der Waals surface area contributed by atoms with Gasteiger partial charge in [0.25, 0.3) is 0 Å². The third-order valence-electron chi connectivity index (χ3n) is 3.06. The highest BCUT2D eigenvalue weighted by Crippen LogP contribution is 2.26. The Balaban J connectivity index is 2.61. The monoisotopic (exact) mass is 381 g/mol. The zero-order chi connectivity index (χ0) is 16.5. The number of halogens is 1. The molecule has 0 bridgehead atoms. The maximum Gasteiger partial charge on any atom is 0.208 e. The Morgan fingerprint density at radius 1 is 1.14 bits per heavy atom. The van der Waals surface area contributed by atoms with Crippen molar-refractivity contribution in [3.05, 3.63) is 51.4 Å². The molecule has 0 fully saturated rings. The third kappa shape index (κ3) is 3.20. The second kappa shape index (κ2) is 6.18. The van der Waals surface area contributed by atoms with Crippen LogP contribution < -0.4 is 0 Å². The van der Waals surface area contributed by atoms with Crippen LogP contribution in [-0.4, -0.2) is 38.9 Å². The molecule has 0 amide bonds. The van der Waals surface area contributed by atoms with Crippen LogP contribution in [0.4, 0.5) is 0 Å². The molecule has 2 rings (SSSR count). The zero-order valence-electron chi connectivity index (χ0n) is 12.5. The Hall–Kier alpha value is -1.73. The fraction of sp³-hybridized carbons (Fsp3) is 0.200. The number of hydrazone groups is 1. The van der Waals surface area contributed by atoms with Crippen molar-refractivity contribution in [2.45, 2.75) is 11.8 Å². The van der Waals surface area contributed by atoms with Gasteiger partial charge in [0.15, 0.2) is 0 Å². The molecule has 5 nitrogen and oxygen atoms in total. The number of rotatable bonds is 3. The van der Waals surface area contributed by atoms with E-state index in [9.17, 15) is 8.42 Å². The van der Waals surface area contributed by atoms with Crippen molar-refractivity contribution >= 4 is 37.2 Å². The third-order valence-corrected chi connectivity index (χ3v) is 5.39. The second-order valence-corrected chi connectivity index (χ2v) is 7.84. The fourth-order valence-electron chi connectivity index (χ4n) is 1.93. The van der Waals surface area contributed by atoms with E-state index < -0.39 is 9.84 Å². The molecule has 0 aromatic heterocycles. The number of allylic oxidation sites excluding steroid dienone is 4. The molecule has 0 radical (unpaired) electrons. The lowest BCUT2D eigenvalue weighted by Gasteiger charge is -2.18. The largest absolute Gasteiger partial charge is 0.302 e. The quantitative estimate of drug-likeness (QED) is 0.645. The molecule has 0 saturated carbocycles. The van der Waals surface area contributed by atoms with Crippen molar-refractivity contribution in [3.8, 4) is 0 Å². The Bertz CT molecular complexity index is 804. The normalized spacial score (nSPS) is 17.3. The van der Waals surface area contributed by atoms with Gasteiger partial charge in [-0.15, -0.1) is 0 Å². The first-order chi connectivity index (χ1) is 10.2. The summed E-state index contributed by atoms with van der Waals surface area (Å²) < 4.78 is 26.5. The number of sulfone groups is 1. The molecular formula is C15H16BrN3O2S. The van der Waals surface area contributed by atoms with Crippen LogP contribution in [0, 0.1) is 5.41 Å². The summed E-state index contributed by atoms with van der Waals surface area (Å²) in [6, 6.07) is 6.40. The van der Waals surface area contributed by atoms with Crippen LogP contribution in [0.5, 0.6) is 0 Å². The predicted octanol–water partition coefficient (Wildman–Crippen LogP) is 3.00. The summed E-state index contributed by atoms with van der Waals surface area (Å²) in [5, 5.41) is 13.8. The molecule has 0 spiro atoms. The zero-order valence-corrected chi connectivity index (χ0v) is 14.9. The van der Waals surface area contributed by atoms with Crippen LogP contribution in [0.2, 0.25) is 0 Å². The Labute approximate surface area is 138 Å². The second-order valence-electron chi connectivity index (χ2n) is 5.01. The highest BCUT2D eigenvalue weighted by molar-refractivity contribution is 9.10. The summed E-state index contributed by atoms with van der Waals surface area (Å²) >= 11 is 3.29. The van der Waals surface area contributed by atoms with Gasteiger partial charge < -0.3 is 5.01 Å². The topological polar surface area (TPSA) is 73.6 Å². The molecule has 7 heteroatoms. The van der Waals surface area contributed by atoms with E-state index in [4.69, 9.17) is 5.41 Å². The maximum atomic E-state index is 12.8. The summed E-state index contributed by atoms with van der Waals surface area (Å²) in [7, 11) is -0.348. The van der Waals surface area contributed by atoms with Gasteiger partial charge in [0, 0.05) is 18.6 Å². The molecule has 0 unspecified atom stereocenters. The van der Waals surface area contributed by atoms with Crippen LogP contribution in [-0.2, 0) is 9.84 Å². The molecule has 1 aliphatic rings. The molecule has 0 atom stereocenters. The molecule has 22 heavy (non-hydrogen) atoms. The summed E-state index contributed by atoms with van der Waals surface area (Å²) in [4.78, 5) is 0.216. The lowest BCUT2D eigenvalue weighted by molar-refractivity contribution is 0.439. The molecule has 1 aromatic rings. The summed E-state index contributed by atoms with van der Waals surface area (Å²) in [6.07, 6.45) is 3.13. The molecular weight excluding hydrogens is 366 g/mol. The van der Waals surface area contributed by atoms with Gasteiger partial charge >= 0.3 is 0 Å². The van der Waals surface area contributed by atoms with Gasteiger partial charge in [0.2, 0.25) is 9.84 Å². The number of nitrogens with one attached hydrogen (secondary N) is 1. The number of hydrogen-bond donors (Lipinski definition) is 1. The Morgan fingerprint density at radius 3 is 2.27 bits per heavy atom. The summed E-state index contributed by atoms with van der Waals surface area (Å²) in [6.45, 7) is 1.76. The molecule has 1 aromatic carbocycles. The average molecular weight is 382 g/mol. The van der Waals surface area contributed by atoms with Crippen molar-refractivity contribution in [1.82, 2.24) is 5.01 Å². The van der Waals surface area contributed by atoms with E-state index in [0.717, 1.165) is 4.47 Å². The van der Waals surface area contributed by atoms with Gasteiger partial charge in [-0.1, -0.05) is 22.0 Å². The molecule has 0 aliphatic heterocycles. The van der Waals surface area contributed by atoms with E-state index in [2.05, 4.69) is 21.0 Å². The van der Waals surface area contributed by atoms with Crippen molar-refractivity contribution in [3.63, 3.8) is 0 Å². The van der Waals surface area contributed by atoms with Gasteiger partial charge in [-0.3, -0.25) is 5.41 Å². The van der Waals surface area contributed by atoms with E-state index >= 15 is 0 Å². The van der Waals surface area contributed by atoms with E-state index in [0.29, 0.717) is 5.57 Å². The van der Waals surface area contributed by atoms with Crippen molar-refractivity contribution in [2.75, 3.05) is 14.1 Å². The van der Waals surface area contributed by atoms with Gasteiger partial charge in [-0.25, -0.2) is 8.42 Å². The van der Waals surface area contributed by atoms with Crippen LogP contribution >= 0.6 is 15.9 Å². The van der Waals surface area contributed by atoms with E-state index in [1.165, 1.54) is 23.2 Å². The number of benzene rings is 1. The van der Waals surface area contributed by atoms with Crippen molar-refractivity contribution < 1.29 is 8.42 Å². The van der Waals surface area contributed by atoms with E-state index in [-0.39, 0.29) is 21.2 Å². The van der Waals surface area contributed by atoms with Crippen LogP contribution in [0.1, 0.15) is 6.92 Å². The average Bonchev–Trinajstić information content (AvgIpc) is 2.44. The van der Waals surface area contributed by atoms with Gasteiger partial charge in [0.05, 0.1) is 10.6 Å². The Kier molecular flexibility index (Phi) is 4.67. The van der Waals surface area contributed by atoms with Crippen LogP contribution in [0.15, 0.2) is 61.4 Å². The number of hydrogen-bond acceptors (Lipinski definition) is 5. The van der Waals surface area contributed by atoms with E-state index in [1.807, 2.05) is 0 Å². The summed E-state index contributed by atoms with van der Waals surface area (Å²) in [5.41, 5.74) is 0.954. The minimum atomic E-state index is -3.73. The fourth-order valence-corrected chi connectivity index (χ4v) is 3.59. The lowest BCUT2D eigenvalue weighted by Crippen LogP contribution is -2.27. The van der Waals surface area contributed by atoms with Gasteiger partial charge in [0.1, 0.15) is 10.6 Å². The first-order valence-corrected chi connectivity index (χ1v) is 8.76. The first-order valence-electron chi connectivity index (χ1n) is 6.48. The SMILES string of the molecule is CC1=CC=C(S(=O)(=O)c2ccc(Br)cc2)/C(=N/N(C)C)C1=N. The molecule has 1 aliphatic carbocycles. The molecule has 0 heterocycles.